The molecule has 2 aromatic rings. The van der Waals surface area contributed by atoms with Crippen molar-refractivity contribution >= 4 is 52.7 Å². The Kier molecular flexibility index (Phi) is 7.18. The van der Waals surface area contributed by atoms with Crippen molar-refractivity contribution in [2.24, 2.45) is 5.10 Å². The summed E-state index contributed by atoms with van der Waals surface area (Å²) in [5, 5.41) is 8.03. The number of hydrazone groups is 1. The summed E-state index contributed by atoms with van der Waals surface area (Å²) in [6.45, 7) is 2.64. The van der Waals surface area contributed by atoms with Crippen LogP contribution in [0.1, 0.15) is 22.8 Å². The molecular weight excluding hydrogens is 381 g/mol. The van der Waals surface area contributed by atoms with E-state index in [1.165, 1.54) is 12.1 Å². The third-order valence-electron chi connectivity index (χ3n) is 2.94. The summed E-state index contributed by atoms with van der Waals surface area (Å²) in [6, 6.07) is 11.5. The standard InChI is InChI=1S/C17H15Cl2N3O2S/c1-2-20-17(25)22-21-10-11-4-3-5-13(8-11)24-16(23)14-7-6-12(18)9-15(14)19/h3-10H,2H2,1H3,(H2,20,22,25). The first-order valence-corrected chi connectivity index (χ1v) is 8.50. The molecule has 0 aliphatic carbocycles. The Labute approximate surface area is 161 Å². The zero-order chi connectivity index (χ0) is 18.2. The van der Waals surface area contributed by atoms with Gasteiger partial charge in [-0.25, -0.2) is 4.79 Å². The molecule has 130 valence electrons. The Morgan fingerprint density at radius 2 is 2.08 bits per heavy atom. The summed E-state index contributed by atoms with van der Waals surface area (Å²) < 4.78 is 5.34. The minimum Gasteiger partial charge on any atom is -0.423 e. The van der Waals surface area contributed by atoms with Crippen molar-refractivity contribution in [3.05, 3.63) is 63.6 Å². The molecule has 0 bridgehead atoms. The zero-order valence-electron chi connectivity index (χ0n) is 13.3. The molecule has 8 heteroatoms. The van der Waals surface area contributed by atoms with Crippen LogP contribution in [0.3, 0.4) is 0 Å². The maximum Gasteiger partial charge on any atom is 0.345 e. The molecule has 0 fully saturated rings. The lowest BCUT2D eigenvalue weighted by atomic mass is 10.2. The predicted octanol–water partition coefficient (Wildman–Crippen LogP) is 4.03. The lowest BCUT2D eigenvalue weighted by molar-refractivity contribution is 0.0735. The van der Waals surface area contributed by atoms with Gasteiger partial charge >= 0.3 is 5.97 Å². The van der Waals surface area contributed by atoms with Crippen molar-refractivity contribution < 1.29 is 9.53 Å². The van der Waals surface area contributed by atoms with Crippen LogP contribution in [0, 0.1) is 0 Å². The normalized spacial score (nSPS) is 10.5. The molecule has 2 rings (SSSR count). The second-order valence-corrected chi connectivity index (χ2v) is 6.07. The number of hydrogen-bond acceptors (Lipinski definition) is 4. The summed E-state index contributed by atoms with van der Waals surface area (Å²) in [4.78, 5) is 12.2. The predicted molar refractivity (Wildman–Crippen MR) is 105 cm³/mol. The number of ether oxygens (including phenoxy) is 1. The second-order valence-electron chi connectivity index (χ2n) is 4.82. The maximum absolute atomic E-state index is 12.2. The number of halogens is 2. The van der Waals surface area contributed by atoms with E-state index in [4.69, 9.17) is 40.2 Å². The van der Waals surface area contributed by atoms with Crippen LogP contribution in [0.4, 0.5) is 0 Å². The van der Waals surface area contributed by atoms with Crippen LogP contribution >= 0.6 is 35.4 Å². The van der Waals surface area contributed by atoms with Crippen molar-refractivity contribution in [3.63, 3.8) is 0 Å². The number of rotatable bonds is 5. The van der Waals surface area contributed by atoms with Gasteiger partial charge < -0.3 is 10.1 Å². The molecule has 0 spiro atoms. The molecule has 0 amide bonds. The van der Waals surface area contributed by atoms with Gasteiger partial charge in [0, 0.05) is 11.6 Å². The van der Waals surface area contributed by atoms with E-state index in [2.05, 4.69) is 15.8 Å². The molecule has 5 nitrogen and oxygen atoms in total. The highest BCUT2D eigenvalue weighted by Crippen LogP contribution is 2.23. The Morgan fingerprint density at radius 3 is 2.80 bits per heavy atom. The average Bonchev–Trinajstić information content (AvgIpc) is 2.55. The monoisotopic (exact) mass is 395 g/mol. The van der Waals surface area contributed by atoms with Crippen molar-refractivity contribution in [1.29, 1.82) is 0 Å². The minimum atomic E-state index is -0.567. The van der Waals surface area contributed by atoms with Crippen molar-refractivity contribution in [1.82, 2.24) is 10.7 Å². The first-order valence-electron chi connectivity index (χ1n) is 7.34. The molecule has 0 aliphatic rings. The van der Waals surface area contributed by atoms with Crippen LogP contribution in [-0.4, -0.2) is 23.8 Å². The minimum absolute atomic E-state index is 0.233. The summed E-state index contributed by atoms with van der Waals surface area (Å²) in [5.74, 6) is -0.198. The molecular formula is C17H15Cl2N3O2S. The highest BCUT2D eigenvalue weighted by molar-refractivity contribution is 7.80. The van der Waals surface area contributed by atoms with Gasteiger partial charge in [0.05, 0.1) is 16.8 Å². The fourth-order valence-electron chi connectivity index (χ4n) is 1.84. The third kappa shape index (κ3) is 6.01. The highest BCUT2D eigenvalue weighted by atomic mass is 35.5. The van der Waals surface area contributed by atoms with Crippen molar-refractivity contribution in [2.45, 2.75) is 6.92 Å². The quantitative estimate of drug-likeness (QED) is 0.263. The van der Waals surface area contributed by atoms with Gasteiger partial charge in [0.2, 0.25) is 0 Å². The molecule has 0 unspecified atom stereocenters. The molecule has 0 saturated heterocycles. The van der Waals surface area contributed by atoms with Gasteiger partial charge in [0.1, 0.15) is 5.75 Å². The van der Waals surface area contributed by atoms with E-state index in [-0.39, 0.29) is 10.6 Å². The van der Waals surface area contributed by atoms with Gasteiger partial charge in [-0.15, -0.1) is 0 Å². The second kappa shape index (κ2) is 9.36. The molecule has 0 heterocycles. The van der Waals surface area contributed by atoms with Crippen molar-refractivity contribution in [2.75, 3.05) is 6.54 Å². The first kappa shape index (κ1) is 19.2. The van der Waals surface area contributed by atoms with Gasteiger partial charge in [-0.1, -0.05) is 35.3 Å². The van der Waals surface area contributed by atoms with Crippen LogP contribution in [-0.2, 0) is 0 Å². The SMILES string of the molecule is CCNC(=S)NN=Cc1cccc(OC(=O)c2ccc(Cl)cc2Cl)c1. The molecule has 2 aromatic carbocycles. The third-order valence-corrected chi connectivity index (χ3v) is 3.72. The number of thiocarbonyl (C=S) groups is 1. The molecule has 2 N–H and O–H groups in total. The Morgan fingerprint density at radius 1 is 1.28 bits per heavy atom. The number of hydrogen-bond donors (Lipinski definition) is 2. The van der Waals surface area contributed by atoms with E-state index in [0.717, 1.165) is 5.56 Å². The van der Waals surface area contributed by atoms with E-state index in [9.17, 15) is 4.79 Å². The number of nitrogens with one attached hydrogen (secondary N) is 2. The van der Waals surface area contributed by atoms with E-state index in [0.29, 0.717) is 22.4 Å². The Bertz CT molecular complexity index is 812. The van der Waals surface area contributed by atoms with Crippen LogP contribution in [0.25, 0.3) is 0 Å². The summed E-state index contributed by atoms with van der Waals surface area (Å²) in [7, 11) is 0. The van der Waals surface area contributed by atoms with E-state index in [1.54, 1.807) is 30.5 Å². The van der Waals surface area contributed by atoms with Crippen LogP contribution in [0.2, 0.25) is 10.0 Å². The van der Waals surface area contributed by atoms with Crippen molar-refractivity contribution in [3.8, 4) is 5.75 Å². The van der Waals surface area contributed by atoms with E-state index < -0.39 is 5.97 Å². The number of benzene rings is 2. The van der Waals surface area contributed by atoms with Gasteiger partial charge in [-0.05, 0) is 55.0 Å². The lowest BCUT2D eigenvalue weighted by Gasteiger charge is -2.07. The first-order chi connectivity index (χ1) is 12.0. The molecule has 0 radical (unpaired) electrons. The van der Waals surface area contributed by atoms with Gasteiger partial charge in [0.15, 0.2) is 5.11 Å². The molecule has 0 aliphatic heterocycles. The fraction of sp³-hybridized carbons (Fsp3) is 0.118. The molecule has 0 aromatic heterocycles. The number of esters is 1. The fourth-order valence-corrected chi connectivity index (χ4v) is 2.52. The topological polar surface area (TPSA) is 62.7 Å². The number of carbonyl (C=O) groups is 1. The zero-order valence-corrected chi connectivity index (χ0v) is 15.6. The van der Waals surface area contributed by atoms with Gasteiger partial charge in [-0.2, -0.15) is 5.10 Å². The number of nitrogens with zero attached hydrogens (tertiary/aromatic N) is 1. The van der Waals surface area contributed by atoms with E-state index in [1.807, 2.05) is 13.0 Å². The molecule has 0 saturated carbocycles. The van der Waals surface area contributed by atoms with Gasteiger partial charge in [0.25, 0.3) is 0 Å². The Balaban J connectivity index is 2.04. The highest BCUT2D eigenvalue weighted by Gasteiger charge is 2.13. The summed E-state index contributed by atoms with van der Waals surface area (Å²) in [6.07, 6.45) is 1.57. The largest absolute Gasteiger partial charge is 0.423 e. The molecule has 25 heavy (non-hydrogen) atoms. The van der Waals surface area contributed by atoms with Crippen LogP contribution < -0.4 is 15.5 Å². The molecule has 0 atom stereocenters. The number of carbonyl (C=O) groups excluding carboxylic acids is 1. The van der Waals surface area contributed by atoms with E-state index >= 15 is 0 Å². The lowest BCUT2D eigenvalue weighted by Crippen LogP contribution is -2.31. The summed E-state index contributed by atoms with van der Waals surface area (Å²) >= 11 is 16.8. The summed E-state index contributed by atoms with van der Waals surface area (Å²) in [5.41, 5.74) is 3.66. The Hall–Kier alpha value is -2.15. The van der Waals surface area contributed by atoms with Gasteiger partial charge in [-0.3, -0.25) is 5.43 Å². The van der Waals surface area contributed by atoms with Crippen LogP contribution in [0.15, 0.2) is 47.6 Å². The maximum atomic E-state index is 12.2. The van der Waals surface area contributed by atoms with Crippen LogP contribution in [0.5, 0.6) is 5.75 Å². The smallest absolute Gasteiger partial charge is 0.345 e. The average molecular weight is 396 g/mol.